The van der Waals surface area contributed by atoms with Crippen LogP contribution >= 0.6 is 0 Å². The molecular weight excluding hydrogens is 558 g/mol. The zero-order valence-corrected chi connectivity index (χ0v) is 25.6. The van der Waals surface area contributed by atoms with Crippen molar-refractivity contribution in [2.75, 3.05) is 36.4 Å². The van der Waals surface area contributed by atoms with Crippen molar-refractivity contribution in [2.24, 2.45) is 5.41 Å². The lowest BCUT2D eigenvalue weighted by molar-refractivity contribution is -0.137. The standard InChI is InChI=1S/C34H41N5O5/c1-34(2,3)22-31(41)39-16-8-15-38(17-18-39)29-13-12-25(20-28(29)36-30(40)19-24-9-5-4-6-10-24)33(44)37-27(21-32(42)43)26-11-7-14-35-23-26/h4-7,9-14,20,23,27H,8,15-19,21-22H2,1-3H3,(H,36,40)(H,37,44)(H,42,43). The molecule has 1 atom stereocenters. The Morgan fingerprint density at radius 3 is 2.41 bits per heavy atom. The first-order valence-corrected chi connectivity index (χ1v) is 14.9. The summed E-state index contributed by atoms with van der Waals surface area (Å²) in [7, 11) is 0. The van der Waals surface area contributed by atoms with E-state index in [4.69, 9.17) is 0 Å². The van der Waals surface area contributed by atoms with Gasteiger partial charge in [0.2, 0.25) is 11.8 Å². The van der Waals surface area contributed by atoms with Crippen LogP contribution in [0.4, 0.5) is 11.4 Å². The highest BCUT2D eigenvalue weighted by atomic mass is 16.4. The van der Waals surface area contributed by atoms with Crippen LogP contribution in [-0.4, -0.2) is 64.9 Å². The number of pyridine rings is 1. The first-order valence-electron chi connectivity index (χ1n) is 14.9. The van der Waals surface area contributed by atoms with Crippen molar-refractivity contribution in [3.8, 4) is 0 Å². The maximum atomic E-state index is 13.4. The number of carbonyl (C=O) groups excluding carboxylic acids is 3. The molecule has 1 unspecified atom stereocenters. The largest absolute Gasteiger partial charge is 0.481 e. The van der Waals surface area contributed by atoms with Gasteiger partial charge in [-0.15, -0.1) is 0 Å². The van der Waals surface area contributed by atoms with E-state index in [0.29, 0.717) is 43.9 Å². The Morgan fingerprint density at radius 2 is 1.73 bits per heavy atom. The van der Waals surface area contributed by atoms with Gasteiger partial charge in [0.1, 0.15) is 0 Å². The van der Waals surface area contributed by atoms with E-state index in [2.05, 4.69) is 41.3 Å². The number of benzene rings is 2. The molecule has 1 aliphatic rings. The van der Waals surface area contributed by atoms with Gasteiger partial charge in [-0.25, -0.2) is 0 Å². The second-order valence-electron chi connectivity index (χ2n) is 12.3. The molecular formula is C34H41N5O5. The van der Waals surface area contributed by atoms with Crippen LogP contribution in [0.5, 0.6) is 0 Å². The lowest BCUT2D eigenvalue weighted by Gasteiger charge is -2.27. The molecule has 1 saturated heterocycles. The van der Waals surface area contributed by atoms with Crippen LogP contribution in [0, 0.1) is 5.41 Å². The fraction of sp³-hybridized carbons (Fsp3) is 0.382. The number of anilines is 2. The monoisotopic (exact) mass is 599 g/mol. The Hall–Kier alpha value is -4.73. The zero-order valence-electron chi connectivity index (χ0n) is 25.6. The number of nitrogens with zero attached hydrogens (tertiary/aromatic N) is 3. The first-order chi connectivity index (χ1) is 21.0. The van der Waals surface area contributed by atoms with Gasteiger partial charge in [0.05, 0.1) is 30.3 Å². The molecule has 1 aromatic heterocycles. The molecule has 0 saturated carbocycles. The highest BCUT2D eigenvalue weighted by Gasteiger charge is 2.26. The summed E-state index contributed by atoms with van der Waals surface area (Å²) in [6.45, 7) is 8.61. The minimum atomic E-state index is -1.06. The fourth-order valence-corrected chi connectivity index (χ4v) is 5.25. The predicted octanol–water partition coefficient (Wildman–Crippen LogP) is 4.68. The lowest BCUT2D eigenvalue weighted by Crippen LogP contribution is -2.37. The molecule has 4 rings (SSSR count). The molecule has 1 fully saturated rings. The molecule has 0 radical (unpaired) electrons. The minimum Gasteiger partial charge on any atom is -0.481 e. The van der Waals surface area contributed by atoms with Crippen LogP contribution in [0.3, 0.4) is 0 Å². The quantitative estimate of drug-likeness (QED) is 0.308. The third-order valence-electron chi connectivity index (χ3n) is 7.38. The number of carboxylic acids is 1. The second kappa shape index (κ2) is 14.6. The number of carbonyl (C=O) groups is 4. The molecule has 10 heteroatoms. The van der Waals surface area contributed by atoms with E-state index in [1.807, 2.05) is 35.2 Å². The highest BCUT2D eigenvalue weighted by molar-refractivity contribution is 6.00. The van der Waals surface area contributed by atoms with Crippen LogP contribution in [-0.2, 0) is 20.8 Å². The number of amides is 3. The molecule has 3 amide bonds. The van der Waals surface area contributed by atoms with Crippen molar-refractivity contribution in [2.45, 2.75) is 52.5 Å². The highest BCUT2D eigenvalue weighted by Crippen LogP contribution is 2.30. The molecule has 3 N–H and O–H groups in total. The van der Waals surface area contributed by atoms with Crippen LogP contribution in [0.1, 0.15) is 67.6 Å². The minimum absolute atomic E-state index is 0.101. The smallest absolute Gasteiger partial charge is 0.305 e. The normalized spacial score (nSPS) is 14.3. The van der Waals surface area contributed by atoms with Crippen molar-refractivity contribution in [1.82, 2.24) is 15.2 Å². The molecule has 0 aliphatic carbocycles. The summed E-state index contributed by atoms with van der Waals surface area (Å²) >= 11 is 0. The summed E-state index contributed by atoms with van der Waals surface area (Å²) in [6.07, 6.45) is 4.19. The summed E-state index contributed by atoms with van der Waals surface area (Å²) in [6, 6.07) is 17.1. The van der Waals surface area contributed by atoms with E-state index in [9.17, 15) is 24.3 Å². The lowest BCUT2D eigenvalue weighted by atomic mass is 9.91. The Morgan fingerprint density at radius 1 is 0.955 bits per heavy atom. The van der Waals surface area contributed by atoms with Crippen LogP contribution in [0.25, 0.3) is 0 Å². The number of rotatable bonds is 10. The number of aliphatic carboxylic acids is 1. The molecule has 0 spiro atoms. The molecule has 0 bridgehead atoms. The van der Waals surface area contributed by atoms with Gasteiger partial charge in [0.15, 0.2) is 0 Å². The van der Waals surface area contributed by atoms with Gasteiger partial charge >= 0.3 is 5.97 Å². The molecule has 2 heterocycles. The van der Waals surface area contributed by atoms with E-state index in [1.54, 1.807) is 36.5 Å². The summed E-state index contributed by atoms with van der Waals surface area (Å²) in [5, 5.41) is 15.3. The Kier molecular flexibility index (Phi) is 10.7. The number of hydrogen-bond acceptors (Lipinski definition) is 6. The maximum absolute atomic E-state index is 13.4. The second-order valence-corrected chi connectivity index (χ2v) is 12.3. The summed E-state index contributed by atoms with van der Waals surface area (Å²) in [5.41, 5.74) is 2.84. The summed E-state index contributed by atoms with van der Waals surface area (Å²) in [5.74, 6) is -1.63. The van der Waals surface area contributed by atoms with E-state index in [1.165, 1.54) is 6.20 Å². The fourth-order valence-electron chi connectivity index (χ4n) is 5.25. The van der Waals surface area contributed by atoms with Gasteiger partial charge in [-0.3, -0.25) is 24.2 Å². The van der Waals surface area contributed by atoms with Crippen molar-refractivity contribution in [3.05, 3.63) is 89.7 Å². The summed E-state index contributed by atoms with van der Waals surface area (Å²) < 4.78 is 0. The molecule has 1 aliphatic heterocycles. The van der Waals surface area contributed by atoms with E-state index < -0.39 is 17.9 Å². The van der Waals surface area contributed by atoms with E-state index >= 15 is 0 Å². The molecule has 2 aromatic carbocycles. The van der Waals surface area contributed by atoms with Crippen molar-refractivity contribution in [1.29, 1.82) is 0 Å². The Balaban J connectivity index is 1.58. The van der Waals surface area contributed by atoms with Crippen molar-refractivity contribution < 1.29 is 24.3 Å². The van der Waals surface area contributed by atoms with E-state index in [-0.39, 0.29) is 35.6 Å². The Bertz CT molecular complexity index is 1460. The predicted molar refractivity (Wildman–Crippen MR) is 169 cm³/mol. The van der Waals surface area contributed by atoms with E-state index in [0.717, 1.165) is 17.7 Å². The maximum Gasteiger partial charge on any atom is 0.305 e. The first kappa shape index (κ1) is 32.2. The average molecular weight is 600 g/mol. The van der Waals surface area contributed by atoms with Gasteiger partial charge in [-0.1, -0.05) is 57.2 Å². The molecule has 232 valence electrons. The molecule has 10 nitrogen and oxygen atoms in total. The number of aromatic nitrogens is 1. The van der Waals surface area contributed by atoms with Crippen molar-refractivity contribution >= 4 is 35.1 Å². The van der Waals surface area contributed by atoms with Crippen LogP contribution in [0.2, 0.25) is 0 Å². The number of carboxylic acid groups (broad SMARTS) is 1. The topological polar surface area (TPSA) is 132 Å². The van der Waals surface area contributed by atoms with Crippen molar-refractivity contribution in [3.63, 3.8) is 0 Å². The van der Waals surface area contributed by atoms with Gasteiger partial charge < -0.3 is 25.5 Å². The van der Waals surface area contributed by atoms with Gasteiger partial charge in [0, 0.05) is 50.6 Å². The number of nitrogens with one attached hydrogen (secondary N) is 2. The Labute approximate surface area is 258 Å². The third-order valence-corrected chi connectivity index (χ3v) is 7.38. The van der Waals surface area contributed by atoms with Gasteiger partial charge in [-0.05, 0) is 47.2 Å². The zero-order chi connectivity index (χ0) is 31.7. The molecule has 3 aromatic rings. The molecule has 44 heavy (non-hydrogen) atoms. The third kappa shape index (κ3) is 9.39. The van der Waals surface area contributed by atoms with Gasteiger partial charge in [-0.2, -0.15) is 0 Å². The van der Waals surface area contributed by atoms with Crippen LogP contribution < -0.4 is 15.5 Å². The summed E-state index contributed by atoms with van der Waals surface area (Å²) in [4.78, 5) is 59.2. The van der Waals surface area contributed by atoms with Gasteiger partial charge in [0.25, 0.3) is 5.91 Å². The SMILES string of the molecule is CC(C)(C)CC(=O)N1CCCN(c2ccc(C(=O)NC(CC(=O)O)c3cccnc3)cc2NC(=O)Cc2ccccc2)CC1. The average Bonchev–Trinajstić information content (AvgIpc) is 3.23. The van der Waals surface area contributed by atoms with Crippen LogP contribution in [0.15, 0.2) is 73.1 Å². The number of hydrogen-bond donors (Lipinski definition) is 3.